The van der Waals surface area contributed by atoms with Gasteiger partial charge in [0, 0.05) is 19.6 Å². The van der Waals surface area contributed by atoms with Crippen LogP contribution in [0.5, 0.6) is 0 Å². The fourth-order valence-electron chi connectivity index (χ4n) is 1.11. The van der Waals surface area contributed by atoms with Crippen LogP contribution in [0.2, 0.25) is 0 Å². The Labute approximate surface area is 78.0 Å². The molecule has 0 aliphatic carbocycles. The minimum atomic E-state index is 0.699. The van der Waals surface area contributed by atoms with Crippen LogP contribution >= 0.6 is 0 Å². The van der Waals surface area contributed by atoms with E-state index in [1.54, 1.807) is 6.41 Å². The topological polar surface area (TPSA) is 65.5 Å². The van der Waals surface area contributed by atoms with Gasteiger partial charge in [-0.1, -0.05) is 0 Å². The van der Waals surface area contributed by atoms with Gasteiger partial charge in [-0.15, -0.1) is 0 Å². The Kier molecular flexibility index (Phi) is 4.74. The van der Waals surface area contributed by atoms with E-state index in [2.05, 4.69) is 20.9 Å². The summed E-state index contributed by atoms with van der Waals surface area (Å²) in [7, 11) is 0. The van der Waals surface area contributed by atoms with E-state index in [4.69, 9.17) is 0 Å². The second-order valence-corrected chi connectivity index (χ2v) is 2.82. The van der Waals surface area contributed by atoms with Crippen molar-refractivity contribution in [2.75, 3.05) is 26.2 Å². The molecule has 5 heteroatoms. The molecular weight excluding hydrogens is 168 g/mol. The van der Waals surface area contributed by atoms with Crippen LogP contribution in [0, 0.1) is 0 Å². The van der Waals surface area contributed by atoms with Gasteiger partial charge in [-0.05, 0) is 12.8 Å². The zero-order valence-electron chi connectivity index (χ0n) is 7.60. The van der Waals surface area contributed by atoms with E-state index in [0.29, 0.717) is 6.54 Å². The number of unbranched alkanes of at least 4 members (excludes halogenated alkanes) is 1. The highest BCUT2D eigenvalue weighted by atomic mass is 16.1. The average molecular weight is 183 g/mol. The third-order valence-electron chi connectivity index (χ3n) is 1.77. The lowest BCUT2D eigenvalue weighted by Crippen LogP contribution is -2.34. The molecule has 0 unspecified atom stereocenters. The van der Waals surface area contributed by atoms with Crippen molar-refractivity contribution in [3.05, 3.63) is 0 Å². The smallest absolute Gasteiger partial charge is 0.309 e. The summed E-state index contributed by atoms with van der Waals surface area (Å²) in [6.45, 7) is 3.39. The first-order chi connectivity index (χ1) is 6.43. The molecule has 0 fully saturated rings. The van der Waals surface area contributed by atoms with E-state index in [1.165, 1.54) is 0 Å². The molecule has 0 spiro atoms. The van der Waals surface area contributed by atoms with Crippen molar-refractivity contribution in [3.63, 3.8) is 0 Å². The number of hydrogen-bond donors (Lipinski definition) is 3. The van der Waals surface area contributed by atoms with Crippen molar-refractivity contribution in [2.45, 2.75) is 12.8 Å². The zero-order chi connectivity index (χ0) is 9.36. The van der Waals surface area contributed by atoms with Gasteiger partial charge in [-0.25, -0.2) is 0 Å². The maximum atomic E-state index is 9.77. The van der Waals surface area contributed by atoms with Crippen LogP contribution in [0.1, 0.15) is 12.8 Å². The summed E-state index contributed by atoms with van der Waals surface area (Å²) in [5.74, 6) is 0.898. The summed E-state index contributed by atoms with van der Waals surface area (Å²) < 4.78 is 0. The summed E-state index contributed by atoms with van der Waals surface area (Å²) in [6, 6.07) is 0. The fraction of sp³-hybridized carbons (Fsp3) is 0.750. The number of nitrogens with one attached hydrogen (secondary N) is 3. The maximum Gasteiger partial charge on any atom is 0.309 e. The molecular formula is C8H15N4O. The third kappa shape index (κ3) is 4.35. The van der Waals surface area contributed by atoms with E-state index in [0.717, 1.165) is 38.4 Å². The van der Waals surface area contributed by atoms with E-state index in [9.17, 15) is 4.79 Å². The Hall–Kier alpha value is -1.26. The minimum Gasteiger partial charge on any atom is -0.356 e. The first-order valence-corrected chi connectivity index (χ1v) is 4.55. The first kappa shape index (κ1) is 9.83. The summed E-state index contributed by atoms with van der Waals surface area (Å²) in [5.41, 5.74) is 0. The van der Waals surface area contributed by atoms with Gasteiger partial charge in [-0.3, -0.25) is 9.79 Å². The highest BCUT2D eigenvalue weighted by Crippen LogP contribution is 1.86. The number of nitrogens with zero attached hydrogens (tertiary/aromatic N) is 1. The van der Waals surface area contributed by atoms with Crippen LogP contribution < -0.4 is 16.0 Å². The first-order valence-electron chi connectivity index (χ1n) is 4.55. The molecule has 13 heavy (non-hydrogen) atoms. The Morgan fingerprint density at radius 3 is 3.00 bits per heavy atom. The van der Waals surface area contributed by atoms with Crippen molar-refractivity contribution in [1.29, 1.82) is 0 Å². The van der Waals surface area contributed by atoms with Gasteiger partial charge in [-0.2, -0.15) is 0 Å². The lowest BCUT2D eigenvalue weighted by molar-refractivity contribution is 0.538. The number of guanidine groups is 1. The molecule has 0 atom stereocenters. The number of rotatable bonds is 6. The molecule has 73 valence electrons. The van der Waals surface area contributed by atoms with Crippen molar-refractivity contribution >= 4 is 12.4 Å². The van der Waals surface area contributed by atoms with Crippen LogP contribution in [-0.2, 0) is 4.79 Å². The Bertz CT molecular complexity index is 181. The van der Waals surface area contributed by atoms with Crippen LogP contribution in [-0.4, -0.2) is 38.5 Å². The normalized spacial score (nSPS) is 14.6. The molecule has 0 saturated carbocycles. The van der Waals surface area contributed by atoms with Crippen molar-refractivity contribution in [2.24, 2.45) is 4.99 Å². The summed E-state index contributed by atoms with van der Waals surface area (Å²) in [6.07, 6.45) is 3.63. The predicted octanol–water partition coefficient (Wildman–Crippen LogP) is -1.03. The Morgan fingerprint density at radius 1 is 1.46 bits per heavy atom. The lowest BCUT2D eigenvalue weighted by atomic mass is 10.3. The zero-order valence-corrected chi connectivity index (χ0v) is 7.60. The van der Waals surface area contributed by atoms with Crippen LogP contribution in [0.4, 0.5) is 0 Å². The SMILES string of the molecule is O=[C]NCCCCNC1=NCCN1. The summed E-state index contributed by atoms with van der Waals surface area (Å²) in [5, 5.41) is 8.79. The molecule has 0 bridgehead atoms. The Balaban J connectivity index is 1.86. The molecule has 1 amide bonds. The fourth-order valence-corrected chi connectivity index (χ4v) is 1.11. The second kappa shape index (κ2) is 6.28. The van der Waals surface area contributed by atoms with E-state index < -0.39 is 0 Å². The number of aliphatic imine (C=N–C) groups is 1. The van der Waals surface area contributed by atoms with Crippen LogP contribution in [0.15, 0.2) is 4.99 Å². The summed E-state index contributed by atoms with van der Waals surface area (Å²) in [4.78, 5) is 14.0. The third-order valence-corrected chi connectivity index (χ3v) is 1.77. The van der Waals surface area contributed by atoms with Gasteiger partial charge in [0.05, 0.1) is 6.54 Å². The number of amides is 1. The van der Waals surface area contributed by atoms with Crippen molar-refractivity contribution in [1.82, 2.24) is 16.0 Å². The van der Waals surface area contributed by atoms with Crippen LogP contribution in [0.3, 0.4) is 0 Å². The van der Waals surface area contributed by atoms with Crippen molar-refractivity contribution < 1.29 is 4.79 Å². The number of hydrogen-bond acceptors (Lipinski definition) is 4. The molecule has 0 saturated heterocycles. The average Bonchev–Trinajstić information content (AvgIpc) is 2.63. The van der Waals surface area contributed by atoms with Crippen molar-refractivity contribution in [3.8, 4) is 0 Å². The standard InChI is InChI=1S/C8H15N4O/c13-7-9-3-1-2-4-10-8-11-5-6-12-8/h1-6H2,(H,9,13)(H2,10,11,12). The van der Waals surface area contributed by atoms with Crippen LogP contribution in [0.25, 0.3) is 0 Å². The largest absolute Gasteiger partial charge is 0.356 e. The maximum absolute atomic E-state index is 9.77. The van der Waals surface area contributed by atoms with Gasteiger partial charge in [0.1, 0.15) is 0 Å². The molecule has 1 aliphatic heterocycles. The number of carbonyl (C=O) groups excluding carboxylic acids is 1. The molecule has 5 nitrogen and oxygen atoms in total. The monoisotopic (exact) mass is 183 g/mol. The molecule has 0 aromatic carbocycles. The van der Waals surface area contributed by atoms with Gasteiger partial charge in [0.2, 0.25) is 0 Å². The highest BCUT2D eigenvalue weighted by Gasteiger charge is 2.01. The molecule has 1 rings (SSSR count). The molecule has 1 heterocycles. The molecule has 1 aliphatic rings. The second-order valence-electron chi connectivity index (χ2n) is 2.82. The highest BCUT2D eigenvalue weighted by molar-refractivity contribution is 5.81. The molecule has 3 N–H and O–H groups in total. The van der Waals surface area contributed by atoms with Gasteiger partial charge < -0.3 is 16.0 Å². The van der Waals surface area contributed by atoms with Gasteiger partial charge >= 0.3 is 6.41 Å². The quantitative estimate of drug-likeness (QED) is 0.364. The van der Waals surface area contributed by atoms with E-state index in [1.807, 2.05) is 0 Å². The van der Waals surface area contributed by atoms with Gasteiger partial charge in [0.15, 0.2) is 5.96 Å². The molecule has 1 radical (unpaired) electrons. The van der Waals surface area contributed by atoms with Gasteiger partial charge in [0.25, 0.3) is 0 Å². The van der Waals surface area contributed by atoms with E-state index in [-0.39, 0.29) is 0 Å². The summed E-state index contributed by atoms with van der Waals surface area (Å²) >= 11 is 0. The molecule has 0 aromatic rings. The minimum absolute atomic E-state index is 0.699. The lowest BCUT2D eigenvalue weighted by Gasteiger charge is -2.05. The Morgan fingerprint density at radius 2 is 2.31 bits per heavy atom. The predicted molar refractivity (Wildman–Crippen MR) is 51.2 cm³/mol. The molecule has 0 aromatic heterocycles. The van der Waals surface area contributed by atoms with E-state index >= 15 is 0 Å².